The maximum absolute atomic E-state index is 11.7. The van der Waals surface area contributed by atoms with Crippen LogP contribution in [0.1, 0.15) is 10.4 Å². The van der Waals surface area contributed by atoms with Crippen LogP contribution in [0, 0.1) is 0 Å². The van der Waals surface area contributed by atoms with Crippen LogP contribution >= 0.6 is 11.6 Å². The molecular weight excluding hydrogens is 284 g/mol. The molecule has 1 aromatic rings. The predicted molar refractivity (Wildman–Crippen MR) is 75.2 cm³/mol. The van der Waals surface area contributed by atoms with Crippen LogP contribution in [0.2, 0.25) is 5.02 Å². The molecule has 0 aliphatic heterocycles. The molecule has 0 unspecified atom stereocenters. The lowest BCUT2D eigenvalue weighted by molar-refractivity contribution is 0.00571. The number of ether oxygens (including phenoxy) is 4. The molecule has 0 bridgehead atoms. The van der Waals surface area contributed by atoms with Gasteiger partial charge in [-0.25, -0.2) is 4.79 Å². The van der Waals surface area contributed by atoms with Gasteiger partial charge in [0.2, 0.25) is 0 Å². The van der Waals surface area contributed by atoms with Crippen molar-refractivity contribution in [3.63, 3.8) is 0 Å². The second-order valence-electron chi connectivity index (χ2n) is 3.83. The summed E-state index contributed by atoms with van der Waals surface area (Å²) in [5.41, 5.74) is 0.358. The highest BCUT2D eigenvalue weighted by molar-refractivity contribution is 6.33. The first kappa shape index (κ1) is 16.9. The first-order chi connectivity index (χ1) is 9.75. The van der Waals surface area contributed by atoms with Crippen molar-refractivity contribution in [1.29, 1.82) is 0 Å². The molecule has 112 valence electrons. The van der Waals surface area contributed by atoms with E-state index in [9.17, 15) is 4.79 Å². The number of hydrogen-bond acceptors (Lipinski definition) is 5. The van der Waals surface area contributed by atoms with Gasteiger partial charge in [0, 0.05) is 7.11 Å². The van der Waals surface area contributed by atoms with Crippen molar-refractivity contribution in [2.45, 2.75) is 0 Å². The molecular formula is C14H19ClO5. The van der Waals surface area contributed by atoms with Crippen molar-refractivity contribution >= 4 is 17.6 Å². The summed E-state index contributed by atoms with van der Waals surface area (Å²) in [4.78, 5) is 11.7. The summed E-state index contributed by atoms with van der Waals surface area (Å²) in [5, 5.41) is 0.380. The Morgan fingerprint density at radius 1 is 1.00 bits per heavy atom. The number of carbonyl (C=O) groups is 1. The zero-order valence-electron chi connectivity index (χ0n) is 11.5. The molecule has 0 aliphatic rings. The van der Waals surface area contributed by atoms with Gasteiger partial charge in [-0.05, 0) is 12.1 Å². The highest BCUT2D eigenvalue weighted by Gasteiger charge is 2.10. The van der Waals surface area contributed by atoms with E-state index in [4.69, 9.17) is 30.5 Å². The van der Waals surface area contributed by atoms with Gasteiger partial charge < -0.3 is 18.9 Å². The van der Waals surface area contributed by atoms with E-state index in [1.807, 2.05) is 0 Å². The fourth-order valence-electron chi connectivity index (χ4n) is 1.36. The molecule has 0 atom stereocenters. The molecule has 0 radical (unpaired) electrons. The molecule has 1 rings (SSSR count). The molecule has 0 fully saturated rings. The van der Waals surface area contributed by atoms with E-state index in [0.29, 0.717) is 43.6 Å². The minimum absolute atomic E-state index is 0.183. The van der Waals surface area contributed by atoms with Gasteiger partial charge in [0.15, 0.2) is 0 Å². The number of benzene rings is 1. The van der Waals surface area contributed by atoms with Crippen LogP contribution in [0.5, 0.6) is 0 Å². The SMILES string of the molecule is COCCOCCOCCOC(=O)c1ccccc1Cl. The maximum Gasteiger partial charge on any atom is 0.339 e. The zero-order valence-corrected chi connectivity index (χ0v) is 12.2. The van der Waals surface area contributed by atoms with Gasteiger partial charge in [-0.3, -0.25) is 0 Å². The zero-order chi connectivity index (χ0) is 14.6. The maximum atomic E-state index is 11.7. The Bertz CT molecular complexity index is 397. The Labute approximate surface area is 123 Å². The topological polar surface area (TPSA) is 54.0 Å². The van der Waals surface area contributed by atoms with Crippen LogP contribution in [-0.4, -0.2) is 52.7 Å². The predicted octanol–water partition coefficient (Wildman–Crippen LogP) is 2.18. The summed E-state index contributed by atoms with van der Waals surface area (Å²) >= 11 is 5.88. The lowest BCUT2D eigenvalue weighted by Gasteiger charge is -2.07. The van der Waals surface area contributed by atoms with Crippen LogP contribution < -0.4 is 0 Å². The minimum atomic E-state index is -0.449. The molecule has 0 amide bonds. The Balaban J connectivity index is 2.04. The van der Waals surface area contributed by atoms with Gasteiger partial charge in [0.25, 0.3) is 0 Å². The lowest BCUT2D eigenvalue weighted by atomic mass is 10.2. The molecule has 0 N–H and O–H groups in total. The van der Waals surface area contributed by atoms with Gasteiger partial charge in [0.05, 0.1) is 43.6 Å². The van der Waals surface area contributed by atoms with Gasteiger partial charge in [0.1, 0.15) is 6.61 Å². The quantitative estimate of drug-likeness (QED) is 0.490. The van der Waals surface area contributed by atoms with E-state index < -0.39 is 5.97 Å². The van der Waals surface area contributed by atoms with Crippen molar-refractivity contribution in [2.24, 2.45) is 0 Å². The van der Waals surface area contributed by atoms with Crippen LogP contribution in [0.4, 0.5) is 0 Å². The van der Waals surface area contributed by atoms with E-state index in [0.717, 1.165) is 0 Å². The normalized spacial score (nSPS) is 10.5. The molecule has 6 heteroatoms. The second kappa shape index (κ2) is 10.6. The highest BCUT2D eigenvalue weighted by Crippen LogP contribution is 2.15. The van der Waals surface area contributed by atoms with E-state index >= 15 is 0 Å². The van der Waals surface area contributed by atoms with Gasteiger partial charge >= 0.3 is 5.97 Å². The average Bonchev–Trinajstić information content (AvgIpc) is 2.46. The summed E-state index contributed by atoms with van der Waals surface area (Å²) in [5.74, 6) is -0.449. The standard InChI is InChI=1S/C14H19ClO5/c1-17-6-7-18-8-9-19-10-11-20-14(16)12-4-2-3-5-13(12)15/h2-5H,6-11H2,1H3. The van der Waals surface area contributed by atoms with Crippen LogP contribution in [-0.2, 0) is 18.9 Å². The molecule has 0 heterocycles. The van der Waals surface area contributed by atoms with Gasteiger partial charge in [-0.1, -0.05) is 23.7 Å². The highest BCUT2D eigenvalue weighted by atomic mass is 35.5. The molecule has 20 heavy (non-hydrogen) atoms. The van der Waals surface area contributed by atoms with Gasteiger partial charge in [-0.2, -0.15) is 0 Å². The summed E-state index contributed by atoms with van der Waals surface area (Å²) in [7, 11) is 1.62. The van der Waals surface area contributed by atoms with E-state index in [-0.39, 0.29) is 6.61 Å². The fraction of sp³-hybridized carbons (Fsp3) is 0.500. The van der Waals surface area contributed by atoms with E-state index in [2.05, 4.69) is 0 Å². The smallest absolute Gasteiger partial charge is 0.339 e. The number of hydrogen-bond donors (Lipinski definition) is 0. The van der Waals surface area contributed by atoms with E-state index in [1.165, 1.54) is 0 Å². The monoisotopic (exact) mass is 302 g/mol. The molecule has 0 aromatic heterocycles. The van der Waals surface area contributed by atoms with Gasteiger partial charge in [-0.15, -0.1) is 0 Å². The van der Waals surface area contributed by atoms with Crippen molar-refractivity contribution in [3.8, 4) is 0 Å². The summed E-state index contributed by atoms with van der Waals surface area (Å²) in [6, 6.07) is 6.75. The Hall–Kier alpha value is -1.14. The lowest BCUT2D eigenvalue weighted by Crippen LogP contribution is -2.14. The van der Waals surface area contributed by atoms with Crippen molar-refractivity contribution in [3.05, 3.63) is 34.9 Å². The number of halogens is 1. The third-order valence-electron chi connectivity index (χ3n) is 2.36. The molecule has 0 aliphatic carbocycles. The van der Waals surface area contributed by atoms with Crippen molar-refractivity contribution in [1.82, 2.24) is 0 Å². The Morgan fingerprint density at radius 3 is 2.25 bits per heavy atom. The first-order valence-corrected chi connectivity index (χ1v) is 6.69. The van der Waals surface area contributed by atoms with Crippen LogP contribution in [0.3, 0.4) is 0 Å². The first-order valence-electron chi connectivity index (χ1n) is 6.31. The minimum Gasteiger partial charge on any atom is -0.460 e. The van der Waals surface area contributed by atoms with Crippen molar-refractivity contribution in [2.75, 3.05) is 46.8 Å². The van der Waals surface area contributed by atoms with Crippen molar-refractivity contribution < 1.29 is 23.7 Å². The summed E-state index contributed by atoms with van der Waals surface area (Å²) < 4.78 is 20.3. The number of esters is 1. The molecule has 0 saturated heterocycles. The number of methoxy groups -OCH3 is 1. The third-order valence-corrected chi connectivity index (χ3v) is 2.69. The largest absolute Gasteiger partial charge is 0.460 e. The molecule has 1 aromatic carbocycles. The second-order valence-corrected chi connectivity index (χ2v) is 4.24. The average molecular weight is 303 g/mol. The Kier molecular flexibility index (Phi) is 8.98. The third kappa shape index (κ3) is 6.86. The molecule has 0 saturated carbocycles. The van der Waals surface area contributed by atoms with E-state index in [1.54, 1.807) is 31.4 Å². The molecule has 0 spiro atoms. The van der Waals surface area contributed by atoms with Crippen LogP contribution in [0.25, 0.3) is 0 Å². The summed E-state index contributed by atoms with van der Waals surface area (Å²) in [6.45, 7) is 2.55. The number of carbonyl (C=O) groups excluding carboxylic acids is 1. The summed E-state index contributed by atoms with van der Waals surface area (Å²) in [6.07, 6.45) is 0. The number of rotatable bonds is 10. The van der Waals surface area contributed by atoms with Crippen LogP contribution in [0.15, 0.2) is 24.3 Å². The fourth-order valence-corrected chi connectivity index (χ4v) is 1.57. The Morgan fingerprint density at radius 2 is 1.60 bits per heavy atom. The molecule has 5 nitrogen and oxygen atoms in total.